The van der Waals surface area contributed by atoms with E-state index in [1.165, 1.54) is 9.87 Å². The van der Waals surface area contributed by atoms with Crippen LogP contribution in [0.1, 0.15) is 57.2 Å². The Morgan fingerprint density at radius 2 is 2.04 bits per heavy atom. The summed E-state index contributed by atoms with van der Waals surface area (Å²) in [7, 11) is -3.54. The molecule has 4 fully saturated rings. The van der Waals surface area contributed by atoms with Gasteiger partial charge in [0.05, 0.1) is 17.8 Å². The van der Waals surface area contributed by atoms with Crippen molar-refractivity contribution in [3.05, 3.63) is 35.4 Å². The summed E-state index contributed by atoms with van der Waals surface area (Å²) in [6.07, 6.45) is 3.76. The molecule has 1 aromatic rings. The number of amides is 1. The largest absolute Gasteiger partial charge is 0.295 e. The van der Waals surface area contributed by atoms with Crippen molar-refractivity contribution in [3.8, 4) is 0 Å². The van der Waals surface area contributed by atoms with E-state index in [4.69, 9.17) is 0 Å². The molecule has 0 radical (unpaired) electrons. The number of hydrogen-bond donors (Lipinski definition) is 1. The second-order valence-corrected chi connectivity index (χ2v) is 11.3. The topological polar surface area (TPSA) is 76.4 Å². The highest BCUT2D eigenvalue weighted by molar-refractivity contribution is 7.90. The number of carbonyl (C=O) groups is 1. The monoisotopic (exact) mass is 388 g/mol. The van der Waals surface area contributed by atoms with Crippen molar-refractivity contribution >= 4 is 15.9 Å². The van der Waals surface area contributed by atoms with E-state index >= 15 is 0 Å². The normalized spacial score (nSPS) is 40.2. The van der Waals surface area contributed by atoms with Crippen LogP contribution in [0, 0.1) is 16.7 Å². The molecule has 5 rings (SSSR count). The van der Waals surface area contributed by atoms with Crippen LogP contribution in [0.4, 0.5) is 0 Å². The fourth-order valence-electron chi connectivity index (χ4n) is 6.50. The van der Waals surface area contributed by atoms with Crippen molar-refractivity contribution in [1.82, 2.24) is 9.62 Å². The number of nitrogens with one attached hydrogen (secondary N) is 1. The Morgan fingerprint density at radius 3 is 2.74 bits per heavy atom. The van der Waals surface area contributed by atoms with Gasteiger partial charge in [-0.2, -0.15) is 0 Å². The molecular weight excluding hydrogens is 360 g/mol. The Morgan fingerprint density at radius 1 is 1.30 bits per heavy atom. The summed E-state index contributed by atoms with van der Waals surface area (Å²) < 4.78 is 27.4. The van der Waals surface area contributed by atoms with Gasteiger partial charge in [0, 0.05) is 5.41 Å². The number of benzene rings is 1. The third-order valence-electron chi connectivity index (χ3n) is 8.25. The molecule has 6 heteroatoms. The zero-order valence-corrected chi connectivity index (χ0v) is 17.1. The fraction of sp³-hybridized carbons (Fsp3) is 0.667. The molecule has 1 amide bonds. The summed E-state index contributed by atoms with van der Waals surface area (Å²) >= 11 is 0. The van der Waals surface area contributed by atoms with Crippen molar-refractivity contribution in [2.45, 2.75) is 64.6 Å². The molecule has 2 saturated heterocycles. The van der Waals surface area contributed by atoms with Crippen LogP contribution in [0.3, 0.4) is 0 Å². The van der Waals surface area contributed by atoms with E-state index in [-0.39, 0.29) is 34.6 Å². The van der Waals surface area contributed by atoms with E-state index in [1.807, 2.05) is 18.2 Å². The molecule has 5 nitrogen and oxygen atoms in total. The van der Waals surface area contributed by atoms with Crippen molar-refractivity contribution in [2.75, 3.05) is 5.75 Å². The minimum atomic E-state index is -3.54. The van der Waals surface area contributed by atoms with Crippen LogP contribution in [0.25, 0.3) is 0 Å². The van der Waals surface area contributed by atoms with Crippen LogP contribution < -0.4 is 5.32 Å². The Kier molecular flexibility index (Phi) is 3.50. The third kappa shape index (κ3) is 2.14. The average Bonchev–Trinajstić information content (AvgIpc) is 3.28. The van der Waals surface area contributed by atoms with Crippen LogP contribution in [-0.2, 0) is 21.2 Å². The molecule has 0 unspecified atom stereocenters. The highest BCUT2D eigenvalue weighted by atomic mass is 32.2. The zero-order chi connectivity index (χ0) is 19.2. The maximum absolute atomic E-state index is 13.3. The lowest BCUT2D eigenvalue weighted by Gasteiger charge is -2.37. The molecule has 0 aromatic heterocycles. The van der Waals surface area contributed by atoms with Crippen molar-refractivity contribution in [2.24, 2.45) is 16.7 Å². The highest BCUT2D eigenvalue weighted by Gasteiger charge is 2.73. The quantitative estimate of drug-likeness (QED) is 0.808. The van der Waals surface area contributed by atoms with Crippen LogP contribution >= 0.6 is 0 Å². The van der Waals surface area contributed by atoms with Gasteiger partial charge in [0.1, 0.15) is 6.04 Å². The Hall–Kier alpha value is -1.40. The summed E-state index contributed by atoms with van der Waals surface area (Å²) in [5.74, 6) is 0.427. The smallest absolute Gasteiger partial charge is 0.255 e. The predicted molar refractivity (Wildman–Crippen MR) is 103 cm³/mol. The van der Waals surface area contributed by atoms with Gasteiger partial charge < -0.3 is 0 Å². The second-order valence-electron chi connectivity index (χ2n) is 9.43. The van der Waals surface area contributed by atoms with Crippen LogP contribution in [0.15, 0.2) is 24.3 Å². The summed E-state index contributed by atoms with van der Waals surface area (Å²) in [4.78, 5) is 13.3. The third-order valence-corrected chi connectivity index (χ3v) is 10.2. The van der Waals surface area contributed by atoms with Crippen LogP contribution in [0.5, 0.6) is 0 Å². The maximum atomic E-state index is 13.3. The number of sulfonamides is 1. The number of carbonyl (C=O) groups excluding carboxylic acids is 1. The summed E-state index contributed by atoms with van der Waals surface area (Å²) in [5.41, 5.74) is 2.08. The van der Waals surface area contributed by atoms with Gasteiger partial charge in [-0.25, -0.2) is 12.7 Å². The molecule has 2 heterocycles. The van der Waals surface area contributed by atoms with Gasteiger partial charge in [-0.15, -0.1) is 0 Å². The molecule has 2 saturated carbocycles. The Bertz CT molecular complexity index is 925. The van der Waals surface area contributed by atoms with Crippen LogP contribution in [-0.4, -0.2) is 36.5 Å². The molecule has 1 N–H and O–H groups in total. The number of nitrogens with zero attached hydrogens (tertiary/aromatic N) is 1. The van der Waals surface area contributed by atoms with Gasteiger partial charge in [0.15, 0.2) is 0 Å². The molecule has 2 aliphatic carbocycles. The van der Waals surface area contributed by atoms with Gasteiger partial charge in [-0.1, -0.05) is 45.0 Å². The lowest BCUT2D eigenvalue weighted by molar-refractivity contribution is -0.128. The second kappa shape index (κ2) is 5.35. The first-order valence-electron chi connectivity index (χ1n) is 10.1. The summed E-state index contributed by atoms with van der Waals surface area (Å²) in [6, 6.07) is 7.50. The van der Waals surface area contributed by atoms with E-state index in [1.54, 1.807) is 0 Å². The molecule has 2 bridgehead atoms. The van der Waals surface area contributed by atoms with E-state index < -0.39 is 16.1 Å². The SMILES string of the molecule is CCc1ccccc1[C@@H]1N[C@@H]1C(=O)N1[C@H]2C[C@@H]3CC[C@@]2(CS1(=O)=O)C3(C)C. The predicted octanol–water partition coefficient (Wildman–Crippen LogP) is 2.63. The van der Waals surface area contributed by atoms with Crippen LogP contribution in [0.2, 0.25) is 0 Å². The van der Waals surface area contributed by atoms with Crippen molar-refractivity contribution in [3.63, 3.8) is 0 Å². The molecular formula is C21H28N2O3S. The van der Waals surface area contributed by atoms with Gasteiger partial charge in [-0.05, 0) is 48.1 Å². The van der Waals surface area contributed by atoms with Gasteiger partial charge in [0.25, 0.3) is 5.91 Å². The van der Waals surface area contributed by atoms with E-state index in [2.05, 4.69) is 32.2 Å². The first kappa shape index (κ1) is 17.7. The van der Waals surface area contributed by atoms with Gasteiger partial charge in [-0.3, -0.25) is 10.1 Å². The fourth-order valence-corrected chi connectivity index (χ4v) is 9.06. The van der Waals surface area contributed by atoms with E-state index in [0.717, 1.165) is 31.2 Å². The molecule has 2 aliphatic heterocycles. The standard InChI is InChI=1S/C21H28N2O3S/c1-4-13-7-5-6-8-15(13)17-18(22-17)19(24)23-16-11-14-9-10-21(16,20(14,2)3)12-27(23,25)26/h5-8,14,16-18,22H,4,9-12H2,1-3H3/t14-,16-,17-,18-,21-/m0/s1. The number of aryl methyl sites for hydroxylation is 1. The van der Waals surface area contributed by atoms with Gasteiger partial charge in [0.2, 0.25) is 10.0 Å². The molecule has 4 aliphatic rings. The number of hydrogen-bond acceptors (Lipinski definition) is 4. The first-order chi connectivity index (χ1) is 12.7. The summed E-state index contributed by atoms with van der Waals surface area (Å²) in [6.45, 7) is 6.53. The Balaban J connectivity index is 1.45. The molecule has 5 atom stereocenters. The van der Waals surface area contributed by atoms with E-state index in [0.29, 0.717) is 5.92 Å². The van der Waals surface area contributed by atoms with Crippen molar-refractivity contribution in [1.29, 1.82) is 0 Å². The molecule has 1 aromatic carbocycles. The first-order valence-corrected chi connectivity index (χ1v) is 11.7. The average molecular weight is 389 g/mol. The van der Waals surface area contributed by atoms with Crippen molar-refractivity contribution < 1.29 is 13.2 Å². The number of rotatable bonds is 3. The Labute approximate surface area is 161 Å². The lowest BCUT2D eigenvalue weighted by Crippen LogP contribution is -2.46. The highest BCUT2D eigenvalue weighted by Crippen LogP contribution is 2.70. The summed E-state index contributed by atoms with van der Waals surface area (Å²) in [5, 5.41) is 3.26. The number of fused-ring (bicyclic) bond motifs is 1. The van der Waals surface area contributed by atoms with E-state index in [9.17, 15) is 13.2 Å². The molecule has 27 heavy (non-hydrogen) atoms. The maximum Gasteiger partial charge on any atom is 0.255 e. The molecule has 146 valence electrons. The lowest BCUT2D eigenvalue weighted by atomic mass is 9.69. The molecule has 1 spiro atoms. The van der Waals surface area contributed by atoms with Gasteiger partial charge >= 0.3 is 0 Å². The minimum absolute atomic E-state index is 0.00897. The minimum Gasteiger partial charge on any atom is -0.295 e. The zero-order valence-electron chi connectivity index (χ0n) is 16.2.